The highest BCUT2D eigenvalue weighted by Crippen LogP contribution is 2.28. The van der Waals surface area contributed by atoms with Gasteiger partial charge in [0, 0.05) is 17.5 Å². The fourth-order valence-corrected chi connectivity index (χ4v) is 2.73. The van der Waals surface area contributed by atoms with Gasteiger partial charge in [0.2, 0.25) is 0 Å². The highest BCUT2D eigenvalue weighted by atomic mass is 16.7. The van der Waals surface area contributed by atoms with Crippen LogP contribution >= 0.6 is 0 Å². The summed E-state index contributed by atoms with van der Waals surface area (Å²) in [5.74, 6) is 1.60. The average molecular weight is 291 g/mol. The van der Waals surface area contributed by atoms with Gasteiger partial charge >= 0.3 is 0 Å². The molecule has 2 aromatic carbocycles. The van der Waals surface area contributed by atoms with Gasteiger partial charge in [-0.2, -0.15) is 0 Å². The Kier molecular flexibility index (Phi) is 3.45. The van der Waals surface area contributed by atoms with E-state index in [1.54, 1.807) is 0 Å². The average Bonchev–Trinajstić information content (AvgIpc) is 2.62. The number of anilines is 1. The normalized spacial score (nSPS) is 15.2. The molecule has 110 valence electrons. The van der Waals surface area contributed by atoms with E-state index in [0.29, 0.717) is 0 Å². The van der Waals surface area contributed by atoms with E-state index in [9.17, 15) is 0 Å². The number of aromatic nitrogens is 2. The lowest BCUT2D eigenvalue weighted by Crippen LogP contribution is -2.30. The molecule has 3 aromatic rings. The standard InChI is InChI=1S/C18H17N3O/c1-2-8-14(9-3-1)17-19-16-11-5-4-10-15(16)18(20-17)21-12-6-7-13-22-21/h1-5,8-11H,6-7,12-13H2. The van der Waals surface area contributed by atoms with Crippen molar-refractivity contribution in [3.63, 3.8) is 0 Å². The van der Waals surface area contributed by atoms with Crippen molar-refractivity contribution in [3.8, 4) is 11.4 Å². The molecule has 0 bridgehead atoms. The van der Waals surface area contributed by atoms with Gasteiger partial charge in [0.15, 0.2) is 11.6 Å². The van der Waals surface area contributed by atoms with Gasteiger partial charge in [0.05, 0.1) is 12.1 Å². The minimum Gasteiger partial charge on any atom is -0.272 e. The molecule has 1 aromatic heterocycles. The molecule has 0 amide bonds. The van der Waals surface area contributed by atoms with Crippen LogP contribution in [0.2, 0.25) is 0 Å². The van der Waals surface area contributed by atoms with E-state index in [2.05, 4.69) is 6.07 Å². The smallest absolute Gasteiger partial charge is 0.164 e. The topological polar surface area (TPSA) is 38.2 Å². The van der Waals surface area contributed by atoms with Crippen LogP contribution in [0.15, 0.2) is 54.6 Å². The minimum atomic E-state index is 0.739. The second-order valence-corrected chi connectivity index (χ2v) is 5.40. The van der Waals surface area contributed by atoms with E-state index in [1.807, 2.05) is 53.6 Å². The van der Waals surface area contributed by atoms with Crippen LogP contribution in [-0.2, 0) is 4.84 Å². The number of hydrogen-bond acceptors (Lipinski definition) is 4. The van der Waals surface area contributed by atoms with Gasteiger partial charge in [0.1, 0.15) is 0 Å². The number of benzene rings is 2. The van der Waals surface area contributed by atoms with Crippen LogP contribution in [0.25, 0.3) is 22.3 Å². The molecule has 0 atom stereocenters. The molecule has 0 N–H and O–H groups in total. The fraction of sp³-hybridized carbons (Fsp3) is 0.222. The van der Waals surface area contributed by atoms with Crippen LogP contribution in [0.1, 0.15) is 12.8 Å². The largest absolute Gasteiger partial charge is 0.272 e. The molecule has 4 nitrogen and oxygen atoms in total. The Labute approximate surface area is 129 Å². The molecule has 1 aliphatic rings. The summed E-state index contributed by atoms with van der Waals surface area (Å²) in [6.45, 7) is 1.62. The summed E-state index contributed by atoms with van der Waals surface area (Å²) in [5.41, 5.74) is 1.96. The zero-order chi connectivity index (χ0) is 14.8. The van der Waals surface area contributed by atoms with E-state index < -0.39 is 0 Å². The molecular formula is C18H17N3O. The van der Waals surface area contributed by atoms with Crippen LogP contribution in [0.5, 0.6) is 0 Å². The van der Waals surface area contributed by atoms with Gasteiger partial charge in [0.25, 0.3) is 0 Å². The zero-order valence-electron chi connectivity index (χ0n) is 12.3. The molecule has 2 heterocycles. The van der Waals surface area contributed by atoms with Crippen molar-refractivity contribution in [3.05, 3.63) is 54.6 Å². The fourth-order valence-electron chi connectivity index (χ4n) is 2.73. The monoisotopic (exact) mass is 291 g/mol. The first-order chi connectivity index (χ1) is 10.9. The van der Waals surface area contributed by atoms with Crippen molar-refractivity contribution >= 4 is 16.7 Å². The molecule has 1 saturated heterocycles. The maximum absolute atomic E-state index is 5.81. The van der Waals surface area contributed by atoms with Crippen molar-refractivity contribution in [1.29, 1.82) is 0 Å². The third-order valence-electron chi connectivity index (χ3n) is 3.85. The summed E-state index contributed by atoms with van der Waals surface area (Å²) in [6.07, 6.45) is 2.23. The second kappa shape index (κ2) is 5.73. The highest BCUT2D eigenvalue weighted by Gasteiger charge is 2.18. The van der Waals surface area contributed by atoms with Gasteiger partial charge in [-0.1, -0.05) is 42.5 Å². The van der Waals surface area contributed by atoms with Crippen LogP contribution in [0.3, 0.4) is 0 Å². The Morgan fingerprint density at radius 3 is 2.50 bits per heavy atom. The predicted octanol–water partition coefficient (Wildman–Crippen LogP) is 3.83. The molecule has 0 unspecified atom stereocenters. The molecule has 4 rings (SSSR count). The lowest BCUT2D eigenvalue weighted by atomic mass is 10.1. The number of para-hydroxylation sites is 1. The van der Waals surface area contributed by atoms with Crippen LogP contribution in [-0.4, -0.2) is 23.1 Å². The highest BCUT2D eigenvalue weighted by molar-refractivity contribution is 5.90. The molecular weight excluding hydrogens is 274 g/mol. The summed E-state index contributed by atoms with van der Waals surface area (Å²) >= 11 is 0. The van der Waals surface area contributed by atoms with Crippen LogP contribution < -0.4 is 5.06 Å². The zero-order valence-corrected chi connectivity index (χ0v) is 12.3. The Morgan fingerprint density at radius 1 is 0.864 bits per heavy atom. The van der Waals surface area contributed by atoms with E-state index >= 15 is 0 Å². The van der Waals surface area contributed by atoms with Crippen molar-refractivity contribution < 1.29 is 4.84 Å². The Morgan fingerprint density at radius 2 is 1.68 bits per heavy atom. The van der Waals surface area contributed by atoms with Crippen molar-refractivity contribution in [2.75, 3.05) is 18.2 Å². The molecule has 22 heavy (non-hydrogen) atoms. The molecule has 1 aliphatic heterocycles. The first-order valence-electron chi connectivity index (χ1n) is 7.64. The van der Waals surface area contributed by atoms with E-state index in [4.69, 9.17) is 14.8 Å². The summed E-state index contributed by atoms with van der Waals surface area (Å²) < 4.78 is 0. The molecule has 4 heteroatoms. The van der Waals surface area contributed by atoms with Gasteiger partial charge in [-0.05, 0) is 25.0 Å². The molecule has 0 spiro atoms. The first kappa shape index (κ1) is 13.2. The van der Waals surface area contributed by atoms with E-state index in [1.165, 1.54) is 0 Å². The van der Waals surface area contributed by atoms with Gasteiger partial charge < -0.3 is 0 Å². The molecule has 0 aliphatic carbocycles. The van der Waals surface area contributed by atoms with Gasteiger partial charge in [-0.25, -0.2) is 15.0 Å². The van der Waals surface area contributed by atoms with Crippen molar-refractivity contribution in [2.45, 2.75) is 12.8 Å². The molecule has 0 saturated carbocycles. The number of hydroxylamine groups is 1. The first-order valence-corrected chi connectivity index (χ1v) is 7.64. The van der Waals surface area contributed by atoms with Crippen molar-refractivity contribution in [2.24, 2.45) is 0 Å². The summed E-state index contributed by atoms with van der Waals surface area (Å²) in [7, 11) is 0. The quantitative estimate of drug-likeness (QED) is 0.719. The maximum Gasteiger partial charge on any atom is 0.164 e. The Bertz CT molecular complexity index is 783. The lowest BCUT2D eigenvalue weighted by Gasteiger charge is -2.27. The predicted molar refractivity (Wildman–Crippen MR) is 87.5 cm³/mol. The van der Waals surface area contributed by atoms with Crippen LogP contribution in [0.4, 0.5) is 5.82 Å². The van der Waals surface area contributed by atoms with Gasteiger partial charge in [-0.3, -0.25) is 4.84 Å². The Hall–Kier alpha value is -2.46. The van der Waals surface area contributed by atoms with Crippen molar-refractivity contribution in [1.82, 2.24) is 9.97 Å². The second-order valence-electron chi connectivity index (χ2n) is 5.40. The maximum atomic E-state index is 5.81. The number of nitrogens with zero attached hydrogens (tertiary/aromatic N) is 3. The summed E-state index contributed by atoms with van der Waals surface area (Å²) in [5, 5.41) is 2.95. The molecule has 0 radical (unpaired) electrons. The molecule has 1 fully saturated rings. The lowest BCUT2D eigenvalue weighted by molar-refractivity contribution is 0.0768. The number of hydrogen-bond donors (Lipinski definition) is 0. The minimum absolute atomic E-state index is 0.739. The third-order valence-corrected chi connectivity index (χ3v) is 3.85. The number of fused-ring (bicyclic) bond motifs is 1. The SMILES string of the molecule is c1ccc(-c2nc(N3CCCCO3)c3ccccc3n2)cc1. The summed E-state index contributed by atoms with van der Waals surface area (Å²) in [4.78, 5) is 15.3. The number of rotatable bonds is 2. The van der Waals surface area contributed by atoms with Gasteiger partial charge in [-0.15, -0.1) is 0 Å². The Balaban J connectivity index is 1.89. The van der Waals surface area contributed by atoms with E-state index in [0.717, 1.165) is 54.1 Å². The van der Waals surface area contributed by atoms with E-state index in [-0.39, 0.29) is 0 Å². The summed E-state index contributed by atoms with van der Waals surface area (Å²) in [6, 6.07) is 18.2. The third kappa shape index (κ3) is 2.42. The van der Waals surface area contributed by atoms with Crippen LogP contribution in [0, 0.1) is 0 Å².